The Morgan fingerprint density at radius 3 is 2.41 bits per heavy atom. The Kier molecular flexibility index (Phi) is 4.98. The normalized spacial score (nSPS) is 11.2. The van der Waals surface area contributed by atoms with Crippen molar-refractivity contribution in [2.24, 2.45) is 5.14 Å². The molecule has 1 aromatic carbocycles. The summed E-state index contributed by atoms with van der Waals surface area (Å²) < 4.78 is 22.0. The zero-order chi connectivity index (χ0) is 12.9. The van der Waals surface area contributed by atoms with Crippen molar-refractivity contribution in [3.63, 3.8) is 0 Å². The Balaban J connectivity index is 2.60. The van der Waals surface area contributed by atoms with Gasteiger partial charge in [0.05, 0.1) is 10.6 Å². The zero-order valence-electron chi connectivity index (χ0n) is 9.34. The van der Waals surface area contributed by atoms with Gasteiger partial charge in [-0.25, -0.2) is 13.6 Å². The van der Waals surface area contributed by atoms with Crippen LogP contribution in [-0.4, -0.2) is 26.3 Å². The van der Waals surface area contributed by atoms with E-state index in [1.807, 2.05) is 6.26 Å². The lowest BCUT2D eigenvalue weighted by Crippen LogP contribution is -2.24. The van der Waals surface area contributed by atoms with Crippen molar-refractivity contribution in [2.45, 2.75) is 11.4 Å². The number of benzene rings is 1. The van der Waals surface area contributed by atoms with Gasteiger partial charge in [-0.15, -0.1) is 0 Å². The standard InChI is InChI=1S/C10H14N2O3S2/c1-16-7-10(13)12-6-8-2-4-9(5-3-8)17(11,14)15/h2-5H,6-7H2,1H3,(H,12,13)(H2,11,14,15). The first kappa shape index (κ1) is 14.0. The number of hydrogen-bond donors (Lipinski definition) is 2. The fourth-order valence-corrected chi connectivity index (χ4v) is 2.06. The Hall–Kier alpha value is -1.05. The number of amides is 1. The number of rotatable bonds is 5. The highest BCUT2D eigenvalue weighted by molar-refractivity contribution is 7.99. The second-order valence-electron chi connectivity index (χ2n) is 3.40. The number of nitrogens with one attached hydrogen (secondary N) is 1. The lowest BCUT2D eigenvalue weighted by molar-refractivity contribution is -0.118. The summed E-state index contributed by atoms with van der Waals surface area (Å²) in [4.78, 5) is 11.3. The first-order valence-electron chi connectivity index (χ1n) is 4.81. The van der Waals surface area contributed by atoms with Crippen LogP contribution in [0.3, 0.4) is 0 Å². The van der Waals surface area contributed by atoms with Crippen LogP contribution in [-0.2, 0) is 21.4 Å². The number of thioether (sulfide) groups is 1. The van der Waals surface area contributed by atoms with Crippen molar-refractivity contribution in [1.29, 1.82) is 0 Å². The first-order chi connectivity index (χ1) is 7.93. The molecule has 0 fully saturated rings. The van der Waals surface area contributed by atoms with E-state index >= 15 is 0 Å². The fraction of sp³-hybridized carbons (Fsp3) is 0.300. The molecule has 17 heavy (non-hydrogen) atoms. The SMILES string of the molecule is CSCC(=O)NCc1ccc(S(N)(=O)=O)cc1. The van der Waals surface area contributed by atoms with Gasteiger partial charge >= 0.3 is 0 Å². The number of carbonyl (C=O) groups is 1. The molecular formula is C10H14N2O3S2. The molecule has 0 unspecified atom stereocenters. The molecule has 3 N–H and O–H groups in total. The van der Waals surface area contributed by atoms with Crippen LogP contribution < -0.4 is 10.5 Å². The summed E-state index contributed by atoms with van der Waals surface area (Å²) in [5.74, 6) is 0.364. The van der Waals surface area contributed by atoms with Crippen LogP contribution in [0.15, 0.2) is 29.2 Å². The van der Waals surface area contributed by atoms with Crippen LogP contribution in [0.4, 0.5) is 0 Å². The van der Waals surface area contributed by atoms with Gasteiger partial charge in [-0.3, -0.25) is 4.79 Å². The van der Waals surface area contributed by atoms with Gasteiger partial charge in [0, 0.05) is 6.54 Å². The molecule has 5 nitrogen and oxygen atoms in total. The van der Waals surface area contributed by atoms with Crippen LogP contribution in [0.1, 0.15) is 5.56 Å². The summed E-state index contributed by atoms with van der Waals surface area (Å²) in [7, 11) is -3.65. The maximum absolute atomic E-state index is 11.2. The third-order valence-corrected chi connectivity index (χ3v) is 3.50. The van der Waals surface area contributed by atoms with E-state index in [0.29, 0.717) is 12.3 Å². The third kappa shape index (κ3) is 4.76. The largest absolute Gasteiger partial charge is 0.351 e. The molecule has 1 amide bonds. The van der Waals surface area contributed by atoms with Crippen molar-refractivity contribution in [3.05, 3.63) is 29.8 Å². The lowest BCUT2D eigenvalue weighted by Gasteiger charge is -2.05. The van der Waals surface area contributed by atoms with Gasteiger partial charge in [0.25, 0.3) is 0 Å². The number of nitrogens with two attached hydrogens (primary N) is 1. The Morgan fingerprint density at radius 2 is 1.94 bits per heavy atom. The van der Waals surface area contributed by atoms with Crippen molar-refractivity contribution in [1.82, 2.24) is 5.32 Å². The van der Waals surface area contributed by atoms with Crippen LogP contribution >= 0.6 is 11.8 Å². The molecule has 0 aliphatic heterocycles. The molecule has 0 saturated carbocycles. The van der Waals surface area contributed by atoms with Gasteiger partial charge in [0.1, 0.15) is 0 Å². The Morgan fingerprint density at radius 1 is 1.35 bits per heavy atom. The predicted octanol–water partition coefficient (Wildman–Crippen LogP) is 0.313. The molecular weight excluding hydrogens is 260 g/mol. The number of hydrogen-bond acceptors (Lipinski definition) is 4. The van der Waals surface area contributed by atoms with Crippen molar-refractivity contribution < 1.29 is 13.2 Å². The van der Waals surface area contributed by atoms with E-state index in [4.69, 9.17) is 5.14 Å². The Bertz CT molecular complexity index is 483. The van der Waals surface area contributed by atoms with Gasteiger partial charge in [0.2, 0.25) is 15.9 Å². The lowest BCUT2D eigenvalue weighted by atomic mass is 10.2. The van der Waals surface area contributed by atoms with Gasteiger partial charge in [-0.05, 0) is 24.0 Å². The molecule has 0 saturated heterocycles. The molecule has 0 aliphatic rings. The molecule has 0 spiro atoms. The predicted molar refractivity (Wildman–Crippen MR) is 68.0 cm³/mol. The summed E-state index contributed by atoms with van der Waals surface area (Å²) >= 11 is 1.44. The maximum atomic E-state index is 11.2. The summed E-state index contributed by atoms with van der Waals surface area (Å²) in [5.41, 5.74) is 0.826. The highest BCUT2D eigenvalue weighted by atomic mass is 32.2. The van der Waals surface area contributed by atoms with Crippen molar-refractivity contribution >= 4 is 27.7 Å². The molecule has 1 aromatic rings. The summed E-state index contributed by atoms with van der Waals surface area (Å²) in [5, 5.41) is 7.69. The van der Waals surface area contributed by atoms with E-state index in [9.17, 15) is 13.2 Å². The minimum atomic E-state index is -3.65. The van der Waals surface area contributed by atoms with E-state index in [0.717, 1.165) is 5.56 Å². The van der Waals surface area contributed by atoms with Gasteiger partial charge in [-0.2, -0.15) is 11.8 Å². The van der Waals surface area contributed by atoms with E-state index in [1.165, 1.54) is 23.9 Å². The molecule has 0 bridgehead atoms. The monoisotopic (exact) mass is 274 g/mol. The average molecular weight is 274 g/mol. The van der Waals surface area contributed by atoms with E-state index in [-0.39, 0.29) is 10.8 Å². The molecule has 0 aromatic heterocycles. The van der Waals surface area contributed by atoms with Crippen LogP contribution in [0, 0.1) is 0 Å². The molecule has 7 heteroatoms. The quantitative estimate of drug-likeness (QED) is 0.809. The van der Waals surface area contributed by atoms with E-state index in [1.54, 1.807) is 12.1 Å². The van der Waals surface area contributed by atoms with Crippen molar-refractivity contribution in [3.8, 4) is 0 Å². The highest BCUT2D eigenvalue weighted by Crippen LogP contribution is 2.08. The molecule has 0 heterocycles. The molecule has 0 radical (unpaired) electrons. The number of primary sulfonamides is 1. The van der Waals surface area contributed by atoms with E-state index < -0.39 is 10.0 Å². The van der Waals surface area contributed by atoms with Crippen molar-refractivity contribution in [2.75, 3.05) is 12.0 Å². The summed E-state index contributed by atoms with van der Waals surface area (Å²) in [6, 6.07) is 6.09. The van der Waals surface area contributed by atoms with E-state index in [2.05, 4.69) is 5.32 Å². The topological polar surface area (TPSA) is 89.3 Å². The smallest absolute Gasteiger partial charge is 0.238 e. The molecule has 1 rings (SSSR count). The summed E-state index contributed by atoms with van der Waals surface area (Å²) in [6.07, 6.45) is 1.85. The number of sulfonamides is 1. The molecule has 0 atom stereocenters. The minimum Gasteiger partial charge on any atom is -0.351 e. The fourth-order valence-electron chi connectivity index (χ4n) is 1.18. The summed E-state index contributed by atoms with van der Waals surface area (Å²) in [6.45, 7) is 0.379. The van der Waals surface area contributed by atoms with Gasteiger partial charge in [0.15, 0.2) is 0 Å². The average Bonchev–Trinajstić information content (AvgIpc) is 2.26. The maximum Gasteiger partial charge on any atom is 0.238 e. The highest BCUT2D eigenvalue weighted by Gasteiger charge is 2.06. The van der Waals surface area contributed by atoms with Crippen LogP contribution in [0.2, 0.25) is 0 Å². The number of carbonyl (C=O) groups excluding carboxylic acids is 1. The molecule has 0 aliphatic carbocycles. The second-order valence-corrected chi connectivity index (χ2v) is 5.83. The first-order valence-corrected chi connectivity index (χ1v) is 7.75. The zero-order valence-corrected chi connectivity index (χ0v) is 11.0. The van der Waals surface area contributed by atoms with Gasteiger partial charge < -0.3 is 5.32 Å². The molecule has 94 valence electrons. The second kappa shape index (κ2) is 6.04. The van der Waals surface area contributed by atoms with Crippen LogP contribution in [0.5, 0.6) is 0 Å². The van der Waals surface area contributed by atoms with Gasteiger partial charge in [-0.1, -0.05) is 12.1 Å². The minimum absolute atomic E-state index is 0.0481. The third-order valence-electron chi connectivity index (χ3n) is 2.02. The van der Waals surface area contributed by atoms with Crippen LogP contribution in [0.25, 0.3) is 0 Å². The Labute approximate surface area is 105 Å².